The second-order valence-corrected chi connectivity index (χ2v) is 3.60. The molecule has 0 radical (unpaired) electrons. The van der Waals surface area contributed by atoms with Gasteiger partial charge in [-0.3, -0.25) is 9.59 Å². The zero-order valence-corrected chi connectivity index (χ0v) is 6.97. The van der Waals surface area contributed by atoms with E-state index in [1.54, 1.807) is 0 Å². The van der Waals surface area contributed by atoms with Gasteiger partial charge in [0.2, 0.25) is 0 Å². The van der Waals surface area contributed by atoms with Crippen LogP contribution < -0.4 is 0 Å². The first-order chi connectivity index (χ1) is 5.76. The largest absolute Gasteiger partial charge is 0.465 e. The lowest BCUT2D eigenvalue weighted by molar-refractivity contribution is -0.153. The highest BCUT2D eigenvalue weighted by atomic mass is 16.5. The Morgan fingerprint density at radius 3 is 2.58 bits per heavy atom. The van der Waals surface area contributed by atoms with Crippen molar-refractivity contribution in [2.45, 2.75) is 32.1 Å². The number of ketones is 1. The molecule has 2 aliphatic rings. The van der Waals surface area contributed by atoms with Crippen molar-refractivity contribution in [2.24, 2.45) is 5.41 Å². The van der Waals surface area contributed by atoms with Gasteiger partial charge < -0.3 is 4.74 Å². The summed E-state index contributed by atoms with van der Waals surface area (Å²) >= 11 is 0. The molecule has 1 saturated heterocycles. The van der Waals surface area contributed by atoms with Gasteiger partial charge in [0.25, 0.3) is 0 Å². The van der Waals surface area contributed by atoms with E-state index in [2.05, 4.69) is 0 Å². The molecular formula is C9H12O3. The number of carbonyl (C=O) groups is 2. The standard InChI is InChI=1S/C9H12O3/c10-7-3-1-2-4-9(7)5-6-12-8(9)11/h1-6H2/t9-/m1/s1. The summed E-state index contributed by atoms with van der Waals surface area (Å²) in [6.45, 7) is 0.435. The fraction of sp³-hybridized carbons (Fsp3) is 0.778. The summed E-state index contributed by atoms with van der Waals surface area (Å²) in [4.78, 5) is 22.8. The van der Waals surface area contributed by atoms with Gasteiger partial charge in [0.05, 0.1) is 6.61 Å². The molecule has 12 heavy (non-hydrogen) atoms. The van der Waals surface area contributed by atoms with E-state index >= 15 is 0 Å². The molecule has 1 atom stereocenters. The number of Topliss-reactive ketones (excluding diaryl/α,β-unsaturated/α-hetero) is 1. The summed E-state index contributed by atoms with van der Waals surface area (Å²) in [6.07, 6.45) is 3.82. The van der Waals surface area contributed by atoms with Gasteiger partial charge in [-0.1, -0.05) is 6.42 Å². The lowest BCUT2D eigenvalue weighted by Gasteiger charge is -2.26. The van der Waals surface area contributed by atoms with Crippen molar-refractivity contribution in [1.82, 2.24) is 0 Å². The Balaban J connectivity index is 2.27. The van der Waals surface area contributed by atoms with Crippen molar-refractivity contribution in [1.29, 1.82) is 0 Å². The molecule has 0 amide bonds. The quantitative estimate of drug-likeness (QED) is 0.401. The molecule has 66 valence electrons. The van der Waals surface area contributed by atoms with Crippen molar-refractivity contribution in [3.63, 3.8) is 0 Å². The first-order valence-corrected chi connectivity index (χ1v) is 4.46. The van der Waals surface area contributed by atoms with Crippen LogP contribution in [0.3, 0.4) is 0 Å². The van der Waals surface area contributed by atoms with Crippen LogP contribution in [-0.2, 0) is 14.3 Å². The number of ether oxygens (including phenoxy) is 1. The van der Waals surface area contributed by atoms with Crippen LogP contribution in [0.2, 0.25) is 0 Å². The molecule has 1 heterocycles. The summed E-state index contributed by atoms with van der Waals surface area (Å²) in [5.74, 6) is -0.163. The smallest absolute Gasteiger partial charge is 0.319 e. The van der Waals surface area contributed by atoms with Gasteiger partial charge in [0, 0.05) is 12.8 Å². The minimum atomic E-state index is -0.710. The summed E-state index contributed by atoms with van der Waals surface area (Å²) in [5.41, 5.74) is -0.710. The van der Waals surface area contributed by atoms with E-state index in [4.69, 9.17) is 4.74 Å². The number of carbonyl (C=O) groups excluding carboxylic acids is 2. The van der Waals surface area contributed by atoms with Gasteiger partial charge in [-0.25, -0.2) is 0 Å². The lowest BCUT2D eigenvalue weighted by atomic mass is 9.72. The van der Waals surface area contributed by atoms with Gasteiger partial charge >= 0.3 is 5.97 Å². The van der Waals surface area contributed by atoms with E-state index in [-0.39, 0.29) is 11.8 Å². The Labute approximate surface area is 71.1 Å². The van der Waals surface area contributed by atoms with Crippen molar-refractivity contribution < 1.29 is 14.3 Å². The van der Waals surface area contributed by atoms with Crippen molar-refractivity contribution in [3.05, 3.63) is 0 Å². The summed E-state index contributed by atoms with van der Waals surface area (Å²) in [6, 6.07) is 0. The molecule has 1 aliphatic heterocycles. The van der Waals surface area contributed by atoms with Crippen LogP contribution in [0.25, 0.3) is 0 Å². The normalized spacial score (nSPS) is 35.7. The molecule has 0 bridgehead atoms. The second-order valence-electron chi connectivity index (χ2n) is 3.60. The highest BCUT2D eigenvalue weighted by Crippen LogP contribution is 2.40. The molecule has 0 unspecified atom stereocenters. The minimum Gasteiger partial charge on any atom is -0.465 e. The van der Waals surface area contributed by atoms with E-state index in [0.717, 1.165) is 12.8 Å². The average molecular weight is 168 g/mol. The Morgan fingerprint density at radius 1 is 1.17 bits per heavy atom. The molecule has 3 heteroatoms. The molecule has 2 rings (SSSR count). The molecule has 2 fully saturated rings. The predicted octanol–water partition coefficient (Wildman–Crippen LogP) is 1.06. The first kappa shape index (κ1) is 7.77. The summed E-state index contributed by atoms with van der Waals surface area (Å²) in [7, 11) is 0. The molecule has 1 aliphatic carbocycles. The first-order valence-electron chi connectivity index (χ1n) is 4.46. The Bertz CT molecular complexity index is 234. The number of rotatable bonds is 0. The number of hydrogen-bond donors (Lipinski definition) is 0. The summed E-state index contributed by atoms with van der Waals surface area (Å²) < 4.78 is 4.86. The van der Waals surface area contributed by atoms with E-state index in [1.165, 1.54) is 0 Å². The third-order valence-corrected chi connectivity index (χ3v) is 2.94. The van der Waals surface area contributed by atoms with Gasteiger partial charge in [0.15, 0.2) is 0 Å². The van der Waals surface area contributed by atoms with E-state index in [0.29, 0.717) is 25.9 Å². The Morgan fingerprint density at radius 2 is 2.00 bits per heavy atom. The maximum absolute atomic E-state index is 11.5. The third kappa shape index (κ3) is 0.886. The van der Waals surface area contributed by atoms with Gasteiger partial charge in [0.1, 0.15) is 11.2 Å². The number of hydrogen-bond acceptors (Lipinski definition) is 3. The highest BCUT2D eigenvalue weighted by molar-refractivity contribution is 6.05. The van der Waals surface area contributed by atoms with Crippen LogP contribution in [-0.4, -0.2) is 18.4 Å². The topological polar surface area (TPSA) is 43.4 Å². The van der Waals surface area contributed by atoms with E-state index in [9.17, 15) is 9.59 Å². The van der Waals surface area contributed by atoms with Crippen LogP contribution >= 0.6 is 0 Å². The fourth-order valence-electron chi connectivity index (χ4n) is 2.13. The average Bonchev–Trinajstić information content (AvgIpc) is 2.41. The third-order valence-electron chi connectivity index (χ3n) is 2.94. The van der Waals surface area contributed by atoms with Crippen LogP contribution in [0.1, 0.15) is 32.1 Å². The Hall–Kier alpha value is -0.860. The fourth-order valence-corrected chi connectivity index (χ4v) is 2.13. The second kappa shape index (κ2) is 2.57. The lowest BCUT2D eigenvalue weighted by Crippen LogP contribution is -2.38. The summed E-state index contributed by atoms with van der Waals surface area (Å²) in [5, 5.41) is 0. The van der Waals surface area contributed by atoms with Gasteiger partial charge in [-0.2, -0.15) is 0 Å². The number of esters is 1. The molecule has 0 N–H and O–H groups in total. The number of cyclic esters (lactones) is 1. The maximum Gasteiger partial charge on any atom is 0.319 e. The highest BCUT2D eigenvalue weighted by Gasteiger charge is 2.51. The molecular weight excluding hydrogens is 156 g/mol. The molecule has 0 aromatic carbocycles. The molecule has 0 aromatic rings. The van der Waals surface area contributed by atoms with Crippen molar-refractivity contribution >= 4 is 11.8 Å². The van der Waals surface area contributed by atoms with Crippen molar-refractivity contribution in [3.8, 4) is 0 Å². The Kier molecular flexibility index (Phi) is 1.67. The molecule has 3 nitrogen and oxygen atoms in total. The SMILES string of the molecule is O=C1CCCC[C@@]12CCOC2=O. The van der Waals surface area contributed by atoms with Gasteiger partial charge in [-0.05, 0) is 12.8 Å². The van der Waals surface area contributed by atoms with Crippen molar-refractivity contribution in [2.75, 3.05) is 6.61 Å². The maximum atomic E-state index is 11.5. The molecule has 0 aromatic heterocycles. The van der Waals surface area contributed by atoms with Gasteiger partial charge in [-0.15, -0.1) is 0 Å². The molecule has 1 spiro atoms. The van der Waals surface area contributed by atoms with Crippen LogP contribution in [0.15, 0.2) is 0 Å². The van der Waals surface area contributed by atoms with Crippen LogP contribution in [0.4, 0.5) is 0 Å². The zero-order valence-electron chi connectivity index (χ0n) is 6.97. The molecule has 1 saturated carbocycles. The van der Waals surface area contributed by atoms with E-state index in [1.807, 2.05) is 0 Å². The zero-order chi connectivity index (χ0) is 8.60. The van der Waals surface area contributed by atoms with Crippen LogP contribution in [0, 0.1) is 5.41 Å². The predicted molar refractivity (Wildman–Crippen MR) is 41.5 cm³/mol. The van der Waals surface area contributed by atoms with Crippen LogP contribution in [0.5, 0.6) is 0 Å². The monoisotopic (exact) mass is 168 g/mol. The van der Waals surface area contributed by atoms with E-state index < -0.39 is 5.41 Å². The minimum absolute atomic E-state index is 0.108.